The van der Waals surface area contributed by atoms with E-state index in [4.69, 9.17) is 0 Å². The van der Waals surface area contributed by atoms with E-state index in [0.717, 1.165) is 0 Å². The molecule has 1 nitrogen and oxygen atoms in total. The fourth-order valence-corrected chi connectivity index (χ4v) is 1.90. The molecular weight excluding hydrogens is 234 g/mol. The van der Waals surface area contributed by atoms with Crippen molar-refractivity contribution in [2.45, 2.75) is 13.8 Å². The van der Waals surface area contributed by atoms with Gasteiger partial charge >= 0.3 is 0 Å². The molecule has 0 unspecified atom stereocenters. The van der Waals surface area contributed by atoms with Gasteiger partial charge in [0.05, 0.1) is 0 Å². The molecule has 0 aliphatic heterocycles. The zero-order chi connectivity index (χ0) is 13.3. The van der Waals surface area contributed by atoms with E-state index >= 15 is 0 Å². The van der Waals surface area contributed by atoms with E-state index in [1.807, 2.05) is 0 Å². The summed E-state index contributed by atoms with van der Waals surface area (Å²) in [6, 6.07) is 8.11. The van der Waals surface area contributed by atoms with Gasteiger partial charge in [0.25, 0.3) is 0 Å². The number of carbonyl (C=O) groups excluding carboxylic acids is 1. The first-order valence-electron chi connectivity index (χ1n) is 5.55. The van der Waals surface area contributed by atoms with E-state index in [0.29, 0.717) is 16.7 Å². The maximum Gasteiger partial charge on any atom is 0.193 e. The Bertz CT molecular complexity index is 598. The molecule has 2 rings (SSSR count). The lowest BCUT2D eigenvalue weighted by Gasteiger charge is -2.06. The van der Waals surface area contributed by atoms with Crippen LogP contribution in [0.1, 0.15) is 27.0 Å². The van der Waals surface area contributed by atoms with Crippen LogP contribution >= 0.6 is 0 Å². The summed E-state index contributed by atoms with van der Waals surface area (Å²) in [7, 11) is 0. The summed E-state index contributed by atoms with van der Waals surface area (Å²) < 4.78 is 26.2. The molecular formula is C15H12F2O. The average molecular weight is 246 g/mol. The molecule has 0 spiro atoms. The van der Waals surface area contributed by atoms with Gasteiger partial charge in [-0.25, -0.2) is 8.78 Å². The number of ketones is 1. The van der Waals surface area contributed by atoms with E-state index in [-0.39, 0.29) is 17.2 Å². The average Bonchev–Trinajstić information content (AvgIpc) is 2.26. The molecule has 0 fully saturated rings. The first kappa shape index (κ1) is 12.4. The van der Waals surface area contributed by atoms with Gasteiger partial charge in [0.2, 0.25) is 0 Å². The van der Waals surface area contributed by atoms with Crippen LogP contribution < -0.4 is 0 Å². The molecule has 0 bridgehead atoms. The van der Waals surface area contributed by atoms with Crippen molar-refractivity contribution < 1.29 is 13.6 Å². The van der Waals surface area contributed by atoms with Crippen molar-refractivity contribution in [3.05, 3.63) is 70.3 Å². The molecule has 0 aliphatic rings. The van der Waals surface area contributed by atoms with Crippen molar-refractivity contribution >= 4 is 5.78 Å². The highest BCUT2D eigenvalue weighted by molar-refractivity contribution is 6.09. The van der Waals surface area contributed by atoms with Crippen molar-refractivity contribution in [1.82, 2.24) is 0 Å². The second-order valence-corrected chi connectivity index (χ2v) is 4.31. The maximum atomic E-state index is 13.3. The predicted octanol–water partition coefficient (Wildman–Crippen LogP) is 3.81. The van der Waals surface area contributed by atoms with E-state index in [9.17, 15) is 13.6 Å². The smallest absolute Gasteiger partial charge is 0.193 e. The Kier molecular flexibility index (Phi) is 3.24. The Morgan fingerprint density at radius 2 is 1.67 bits per heavy atom. The topological polar surface area (TPSA) is 17.1 Å². The standard InChI is InChI=1S/C15H12F2O/c1-9-5-11(8-13(17)6-9)15(18)14-4-3-12(16)7-10(14)2/h3-8H,1-2H3. The lowest BCUT2D eigenvalue weighted by molar-refractivity contribution is 0.103. The van der Waals surface area contributed by atoms with Crippen LogP contribution in [0, 0.1) is 25.5 Å². The number of hydrogen-bond acceptors (Lipinski definition) is 1. The Labute approximate surface area is 104 Å². The van der Waals surface area contributed by atoms with Crippen LogP contribution in [-0.4, -0.2) is 5.78 Å². The lowest BCUT2D eigenvalue weighted by Crippen LogP contribution is -2.05. The molecule has 18 heavy (non-hydrogen) atoms. The van der Waals surface area contributed by atoms with Crippen LogP contribution in [0.2, 0.25) is 0 Å². The summed E-state index contributed by atoms with van der Waals surface area (Å²) in [6.07, 6.45) is 0. The van der Waals surface area contributed by atoms with E-state index < -0.39 is 5.82 Å². The molecule has 0 amide bonds. The molecule has 0 N–H and O–H groups in total. The van der Waals surface area contributed by atoms with Gasteiger partial charge in [-0.3, -0.25) is 4.79 Å². The van der Waals surface area contributed by atoms with Gasteiger partial charge in [-0.2, -0.15) is 0 Å². The summed E-state index contributed by atoms with van der Waals surface area (Å²) in [5.41, 5.74) is 1.89. The van der Waals surface area contributed by atoms with Crippen molar-refractivity contribution in [2.24, 2.45) is 0 Å². The van der Waals surface area contributed by atoms with E-state index in [1.165, 1.54) is 30.3 Å². The second kappa shape index (κ2) is 4.69. The normalized spacial score (nSPS) is 10.4. The maximum absolute atomic E-state index is 13.3. The Morgan fingerprint density at radius 1 is 0.944 bits per heavy atom. The number of rotatable bonds is 2. The number of hydrogen-bond donors (Lipinski definition) is 0. The highest BCUT2D eigenvalue weighted by Gasteiger charge is 2.13. The van der Waals surface area contributed by atoms with Gasteiger partial charge in [-0.15, -0.1) is 0 Å². The first-order valence-corrected chi connectivity index (χ1v) is 5.55. The molecule has 92 valence electrons. The van der Waals surface area contributed by atoms with Crippen LogP contribution in [0.5, 0.6) is 0 Å². The summed E-state index contributed by atoms with van der Waals surface area (Å²) in [6.45, 7) is 3.37. The molecule has 0 aliphatic carbocycles. The van der Waals surface area contributed by atoms with Crippen LogP contribution in [0.4, 0.5) is 8.78 Å². The van der Waals surface area contributed by atoms with Crippen LogP contribution in [0.3, 0.4) is 0 Å². The number of aryl methyl sites for hydroxylation is 2. The fourth-order valence-electron chi connectivity index (χ4n) is 1.90. The fraction of sp³-hybridized carbons (Fsp3) is 0.133. The molecule has 0 saturated carbocycles. The summed E-state index contributed by atoms with van der Waals surface area (Å²) in [5, 5.41) is 0. The zero-order valence-corrected chi connectivity index (χ0v) is 10.1. The molecule has 0 radical (unpaired) electrons. The third-order valence-electron chi connectivity index (χ3n) is 2.74. The van der Waals surface area contributed by atoms with Gasteiger partial charge in [0, 0.05) is 11.1 Å². The Hall–Kier alpha value is -2.03. The van der Waals surface area contributed by atoms with Crippen LogP contribution in [0.15, 0.2) is 36.4 Å². The predicted molar refractivity (Wildman–Crippen MR) is 65.7 cm³/mol. The number of carbonyl (C=O) groups is 1. The largest absolute Gasteiger partial charge is 0.289 e. The SMILES string of the molecule is Cc1cc(F)cc(C(=O)c2ccc(F)cc2C)c1. The highest BCUT2D eigenvalue weighted by atomic mass is 19.1. The third-order valence-corrected chi connectivity index (χ3v) is 2.74. The summed E-state index contributed by atoms with van der Waals surface area (Å²) >= 11 is 0. The minimum absolute atomic E-state index is 0.280. The molecule has 2 aromatic rings. The van der Waals surface area contributed by atoms with Crippen molar-refractivity contribution in [1.29, 1.82) is 0 Å². The molecule has 0 heterocycles. The van der Waals surface area contributed by atoms with Crippen LogP contribution in [0.25, 0.3) is 0 Å². The Morgan fingerprint density at radius 3 is 2.28 bits per heavy atom. The Balaban J connectivity index is 2.47. The lowest BCUT2D eigenvalue weighted by atomic mass is 9.98. The monoisotopic (exact) mass is 246 g/mol. The van der Waals surface area contributed by atoms with Gasteiger partial charge in [-0.1, -0.05) is 0 Å². The zero-order valence-electron chi connectivity index (χ0n) is 10.1. The summed E-state index contributed by atoms with van der Waals surface area (Å²) in [4.78, 5) is 12.2. The molecule has 0 aromatic heterocycles. The molecule has 0 atom stereocenters. The molecule has 2 aromatic carbocycles. The van der Waals surface area contributed by atoms with E-state index in [2.05, 4.69) is 0 Å². The minimum atomic E-state index is -0.446. The van der Waals surface area contributed by atoms with Crippen LogP contribution in [-0.2, 0) is 0 Å². The van der Waals surface area contributed by atoms with Gasteiger partial charge < -0.3 is 0 Å². The highest BCUT2D eigenvalue weighted by Crippen LogP contribution is 2.17. The van der Waals surface area contributed by atoms with Gasteiger partial charge in [0.15, 0.2) is 5.78 Å². The summed E-state index contributed by atoms with van der Waals surface area (Å²) in [5.74, 6) is -1.13. The van der Waals surface area contributed by atoms with E-state index in [1.54, 1.807) is 19.9 Å². The van der Waals surface area contributed by atoms with Crippen molar-refractivity contribution in [3.63, 3.8) is 0 Å². The molecule has 0 saturated heterocycles. The van der Waals surface area contributed by atoms with Gasteiger partial charge in [-0.05, 0) is 61.4 Å². The first-order chi connectivity index (χ1) is 8.47. The van der Waals surface area contributed by atoms with Crippen molar-refractivity contribution in [3.8, 4) is 0 Å². The number of benzene rings is 2. The van der Waals surface area contributed by atoms with Crippen molar-refractivity contribution in [2.75, 3.05) is 0 Å². The second-order valence-electron chi connectivity index (χ2n) is 4.31. The minimum Gasteiger partial charge on any atom is -0.289 e. The van der Waals surface area contributed by atoms with Gasteiger partial charge in [0.1, 0.15) is 11.6 Å². The quantitative estimate of drug-likeness (QED) is 0.736. The number of halogens is 2. The third kappa shape index (κ3) is 2.45. The molecule has 3 heteroatoms.